The number of ether oxygens (including phenoxy) is 2. The van der Waals surface area contributed by atoms with Gasteiger partial charge in [0.2, 0.25) is 0 Å². The van der Waals surface area contributed by atoms with Gasteiger partial charge in [0.05, 0.1) is 34.4 Å². The molecule has 0 saturated carbocycles. The van der Waals surface area contributed by atoms with E-state index in [1.165, 1.54) is 128 Å². The summed E-state index contributed by atoms with van der Waals surface area (Å²) >= 11 is 0. The predicted molar refractivity (Wildman–Crippen MR) is 192 cm³/mol. The molecule has 0 fully saturated rings. The first-order valence-electron chi connectivity index (χ1n) is 18.9. The summed E-state index contributed by atoms with van der Waals surface area (Å²) in [5.41, 5.74) is 0. The maximum Gasteiger partial charge on any atom is 0.472 e. The smallest absolute Gasteiger partial charge is 0.457 e. The molecule has 2 atom stereocenters. The van der Waals surface area contributed by atoms with E-state index in [1.807, 2.05) is 21.1 Å². The zero-order valence-electron chi connectivity index (χ0n) is 30.8. The zero-order valence-corrected chi connectivity index (χ0v) is 31.7. The number of carbonyl (C=O) groups excluding carboxylic acids is 1. The highest BCUT2D eigenvalue weighted by Gasteiger charge is 2.26. The van der Waals surface area contributed by atoms with Gasteiger partial charge in [0, 0.05) is 13.0 Å². The molecule has 46 heavy (non-hydrogen) atoms. The van der Waals surface area contributed by atoms with Crippen molar-refractivity contribution in [2.75, 3.05) is 54.1 Å². The van der Waals surface area contributed by atoms with Crippen molar-refractivity contribution in [3.8, 4) is 0 Å². The van der Waals surface area contributed by atoms with Crippen LogP contribution in [-0.2, 0) is 27.9 Å². The molecule has 0 aromatic heterocycles. The van der Waals surface area contributed by atoms with Crippen molar-refractivity contribution in [1.82, 2.24) is 0 Å². The van der Waals surface area contributed by atoms with Gasteiger partial charge >= 0.3 is 13.8 Å². The molecule has 0 rings (SSSR count). The van der Waals surface area contributed by atoms with E-state index in [0.717, 1.165) is 12.8 Å². The van der Waals surface area contributed by atoms with E-state index >= 15 is 0 Å². The number of quaternary nitrogens is 1. The third-order valence-corrected chi connectivity index (χ3v) is 9.12. The molecule has 0 radical (unpaired) electrons. The Labute approximate surface area is 284 Å². The lowest BCUT2D eigenvalue weighted by atomic mass is 10.0. The molecule has 8 nitrogen and oxygen atoms in total. The lowest BCUT2D eigenvalue weighted by Crippen LogP contribution is -2.37. The van der Waals surface area contributed by atoms with Gasteiger partial charge in [0.15, 0.2) is 0 Å². The highest BCUT2D eigenvalue weighted by molar-refractivity contribution is 7.47. The molecular weight excluding hydrogens is 601 g/mol. The molecular formula is C37H75NO7P+. The van der Waals surface area contributed by atoms with E-state index in [-0.39, 0.29) is 26.2 Å². The molecule has 0 heterocycles. The third kappa shape index (κ3) is 34.6. The quantitative estimate of drug-likeness (QED) is 0.0235. The first kappa shape index (κ1) is 45.2. The van der Waals surface area contributed by atoms with Crippen molar-refractivity contribution in [3.63, 3.8) is 0 Å². The topological polar surface area (TPSA) is 91.3 Å². The van der Waals surface area contributed by atoms with Crippen LogP contribution in [0.3, 0.4) is 0 Å². The van der Waals surface area contributed by atoms with E-state index in [2.05, 4.69) is 19.1 Å². The summed E-state index contributed by atoms with van der Waals surface area (Å²) in [5.74, 6) is -0.400. The molecule has 2 unspecified atom stereocenters. The first-order chi connectivity index (χ1) is 22.1. The molecule has 0 amide bonds. The van der Waals surface area contributed by atoms with E-state index in [9.17, 15) is 14.3 Å². The second-order valence-electron chi connectivity index (χ2n) is 13.9. The Morgan fingerprint density at radius 3 is 1.57 bits per heavy atom. The zero-order chi connectivity index (χ0) is 34.2. The van der Waals surface area contributed by atoms with Crippen LogP contribution in [0.5, 0.6) is 0 Å². The minimum atomic E-state index is -4.23. The molecule has 9 heteroatoms. The number of likely N-dealkylation sites (N-methyl/N-ethyl adjacent to an activating group) is 1. The monoisotopic (exact) mass is 677 g/mol. The summed E-state index contributed by atoms with van der Waals surface area (Å²) in [7, 11) is 1.66. The summed E-state index contributed by atoms with van der Waals surface area (Å²) in [6, 6.07) is 0. The standard InChI is InChI=1S/C37H74NO7P/c1-6-8-9-10-11-12-13-14-15-16-17-18-19-20-21-22-23-24-25-26-27-28-29-30-32-42-34-36(45-37(39)7-2)35-44-46(40,41)43-33-31-38(3,4)5/h16-17,36H,6-15,18-35H2,1-5H3/p+1/b17-16-. The number of hydrogen-bond donors (Lipinski definition) is 1. The summed E-state index contributed by atoms with van der Waals surface area (Å²) in [5, 5.41) is 0. The summed E-state index contributed by atoms with van der Waals surface area (Å²) in [4.78, 5) is 21.7. The SMILES string of the molecule is CCCCCCCCCC/C=C\CCCCCCCCCCCCCCOCC(COP(=O)(O)OCC[N+](C)(C)C)OC(=O)CC. The van der Waals surface area contributed by atoms with Crippen molar-refractivity contribution >= 4 is 13.8 Å². The number of phosphoric acid groups is 1. The Morgan fingerprint density at radius 2 is 1.11 bits per heavy atom. The minimum Gasteiger partial charge on any atom is -0.457 e. The maximum atomic E-state index is 12.2. The predicted octanol–water partition coefficient (Wildman–Crippen LogP) is 10.3. The second-order valence-corrected chi connectivity index (χ2v) is 15.4. The number of allylic oxidation sites excluding steroid dienone is 2. The average molecular weight is 677 g/mol. The largest absolute Gasteiger partial charge is 0.472 e. The van der Waals surface area contributed by atoms with Gasteiger partial charge in [-0.1, -0.05) is 135 Å². The van der Waals surface area contributed by atoms with Crippen LogP contribution in [0.4, 0.5) is 0 Å². The fourth-order valence-corrected chi connectivity index (χ4v) is 5.85. The normalized spacial score (nSPS) is 14.1. The van der Waals surface area contributed by atoms with Crippen molar-refractivity contribution in [1.29, 1.82) is 0 Å². The third-order valence-electron chi connectivity index (χ3n) is 8.13. The van der Waals surface area contributed by atoms with Crippen LogP contribution >= 0.6 is 7.82 Å². The first-order valence-corrected chi connectivity index (χ1v) is 20.4. The van der Waals surface area contributed by atoms with Gasteiger partial charge in [-0.3, -0.25) is 13.8 Å². The number of phosphoric ester groups is 1. The maximum absolute atomic E-state index is 12.2. The van der Waals surface area contributed by atoms with E-state index in [0.29, 0.717) is 17.6 Å². The van der Waals surface area contributed by atoms with Gasteiger partial charge in [0.25, 0.3) is 0 Å². The van der Waals surface area contributed by atoms with Crippen LogP contribution < -0.4 is 0 Å². The summed E-state index contributed by atoms with van der Waals surface area (Å²) in [6.45, 7) is 5.07. The number of nitrogens with zero attached hydrogens (tertiary/aromatic N) is 1. The average Bonchev–Trinajstić information content (AvgIpc) is 3.00. The van der Waals surface area contributed by atoms with E-state index in [1.54, 1.807) is 6.92 Å². The molecule has 274 valence electrons. The lowest BCUT2D eigenvalue weighted by molar-refractivity contribution is -0.870. The molecule has 0 aromatic carbocycles. The van der Waals surface area contributed by atoms with Gasteiger partial charge in [-0.2, -0.15) is 0 Å². The number of hydrogen-bond acceptors (Lipinski definition) is 6. The number of unbranched alkanes of at least 4 members (excludes halogenated alkanes) is 20. The molecule has 0 aliphatic heterocycles. The van der Waals surface area contributed by atoms with Crippen molar-refractivity contribution < 1.29 is 37.3 Å². The van der Waals surface area contributed by atoms with Gasteiger partial charge in [-0.15, -0.1) is 0 Å². The molecule has 0 aromatic rings. The van der Waals surface area contributed by atoms with E-state index < -0.39 is 19.9 Å². The van der Waals surface area contributed by atoms with Crippen LogP contribution in [0.2, 0.25) is 0 Å². The molecule has 0 aliphatic carbocycles. The van der Waals surface area contributed by atoms with Crippen LogP contribution in [0.1, 0.15) is 162 Å². The van der Waals surface area contributed by atoms with Gasteiger partial charge < -0.3 is 18.9 Å². The number of carbonyl (C=O) groups is 1. The van der Waals surface area contributed by atoms with Gasteiger partial charge in [-0.25, -0.2) is 4.57 Å². The van der Waals surface area contributed by atoms with Gasteiger partial charge in [-0.05, 0) is 32.1 Å². The Morgan fingerprint density at radius 1 is 0.652 bits per heavy atom. The van der Waals surface area contributed by atoms with Crippen LogP contribution in [0.15, 0.2) is 12.2 Å². The van der Waals surface area contributed by atoms with Crippen LogP contribution in [0.25, 0.3) is 0 Å². The van der Waals surface area contributed by atoms with Crippen molar-refractivity contribution in [3.05, 3.63) is 12.2 Å². The van der Waals surface area contributed by atoms with Crippen molar-refractivity contribution in [2.24, 2.45) is 0 Å². The molecule has 0 spiro atoms. The van der Waals surface area contributed by atoms with E-state index in [4.69, 9.17) is 18.5 Å². The Balaban J connectivity index is 3.64. The molecule has 1 N–H and O–H groups in total. The highest BCUT2D eigenvalue weighted by atomic mass is 31.2. The minimum absolute atomic E-state index is 0.0882. The molecule has 0 saturated heterocycles. The van der Waals surface area contributed by atoms with Crippen molar-refractivity contribution in [2.45, 2.75) is 168 Å². The van der Waals surface area contributed by atoms with Crippen LogP contribution in [-0.4, -0.2) is 75.6 Å². The second kappa shape index (κ2) is 31.5. The summed E-state index contributed by atoms with van der Waals surface area (Å²) in [6.07, 6.45) is 33.3. The van der Waals surface area contributed by atoms with Crippen LogP contribution in [0, 0.1) is 0 Å². The summed E-state index contributed by atoms with van der Waals surface area (Å²) < 4.78 is 33.9. The Bertz CT molecular complexity index is 756. The molecule has 0 bridgehead atoms. The lowest BCUT2D eigenvalue weighted by Gasteiger charge is -2.24. The highest BCUT2D eigenvalue weighted by Crippen LogP contribution is 2.43. The molecule has 0 aliphatic rings. The Kier molecular flexibility index (Phi) is 31.0. The fourth-order valence-electron chi connectivity index (χ4n) is 5.11. The fraction of sp³-hybridized carbons (Fsp3) is 0.919. The number of esters is 1. The van der Waals surface area contributed by atoms with Gasteiger partial charge in [0.1, 0.15) is 19.3 Å². The number of rotatable bonds is 35. The Hall–Kier alpha value is -0.760.